The summed E-state index contributed by atoms with van der Waals surface area (Å²) in [5.74, 6) is -0.648. The van der Waals surface area contributed by atoms with Crippen LogP contribution in [0.5, 0.6) is 5.75 Å². The maximum Gasteiger partial charge on any atom is 0.232 e. The third-order valence-corrected chi connectivity index (χ3v) is 4.07. The van der Waals surface area contributed by atoms with Gasteiger partial charge in [-0.2, -0.15) is 0 Å². The topological polar surface area (TPSA) is 63.3 Å². The van der Waals surface area contributed by atoms with E-state index in [2.05, 4.69) is 4.98 Å². The highest BCUT2D eigenvalue weighted by Gasteiger charge is 2.22. The van der Waals surface area contributed by atoms with E-state index in [0.717, 1.165) is 12.0 Å². The lowest BCUT2D eigenvalue weighted by Gasteiger charge is -2.04. The molecule has 2 heterocycles. The van der Waals surface area contributed by atoms with E-state index in [0.29, 0.717) is 16.7 Å². The molecule has 0 aliphatic carbocycles. The predicted molar refractivity (Wildman–Crippen MR) is 94.8 cm³/mol. The van der Waals surface area contributed by atoms with Gasteiger partial charge in [0.15, 0.2) is 16.8 Å². The Morgan fingerprint density at radius 2 is 1.76 bits per heavy atom. The highest BCUT2D eigenvalue weighted by atomic mass is 16.4. The lowest BCUT2D eigenvalue weighted by atomic mass is 10.0. The number of benzene rings is 2. The number of pyridine rings is 1. The zero-order valence-corrected chi connectivity index (χ0v) is 13.3. The number of carbonyl (C=O) groups is 1. The molecule has 122 valence electrons. The quantitative estimate of drug-likeness (QED) is 0.565. The van der Waals surface area contributed by atoms with Crippen LogP contribution in [0.3, 0.4) is 0 Å². The zero-order valence-electron chi connectivity index (χ0n) is 13.3. The number of fused-ring (bicyclic) bond motifs is 1. The fourth-order valence-electron chi connectivity index (χ4n) is 2.86. The van der Waals surface area contributed by atoms with Gasteiger partial charge in [0, 0.05) is 11.8 Å². The van der Waals surface area contributed by atoms with Crippen molar-refractivity contribution in [3.8, 4) is 5.75 Å². The number of rotatable bonds is 4. The number of nitrogens with zero attached hydrogens (tertiary/aromatic N) is 1. The first-order valence-electron chi connectivity index (χ1n) is 7.96. The van der Waals surface area contributed by atoms with Crippen molar-refractivity contribution < 1.29 is 14.3 Å². The van der Waals surface area contributed by atoms with Gasteiger partial charge in [0.25, 0.3) is 0 Å². The fraction of sp³-hybridized carbons (Fsp3) is 0.0476. The van der Waals surface area contributed by atoms with Gasteiger partial charge in [0.2, 0.25) is 11.5 Å². The van der Waals surface area contributed by atoms with Gasteiger partial charge >= 0.3 is 0 Å². The molecule has 0 bridgehead atoms. The summed E-state index contributed by atoms with van der Waals surface area (Å²) >= 11 is 0. The van der Waals surface area contributed by atoms with Gasteiger partial charge in [0.1, 0.15) is 0 Å². The van der Waals surface area contributed by atoms with E-state index in [-0.39, 0.29) is 17.3 Å². The first-order valence-corrected chi connectivity index (χ1v) is 7.96. The largest absolute Gasteiger partial charge is 0.503 e. The van der Waals surface area contributed by atoms with Crippen molar-refractivity contribution in [2.45, 2.75) is 6.42 Å². The number of furan rings is 1. The Morgan fingerprint density at radius 1 is 0.960 bits per heavy atom. The maximum atomic E-state index is 12.8. The average Bonchev–Trinajstić information content (AvgIpc) is 2.99. The molecule has 4 aromatic rings. The van der Waals surface area contributed by atoms with Crippen molar-refractivity contribution in [3.63, 3.8) is 0 Å². The van der Waals surface area contributed by atoms with Crippen molar-refractivity contribution in [2.24, 2.45) is 0 Å². The molecule has 1 N–H and O–H groups in total. The highest BCUT2D eigenvalue weighted by molar-refractivity contribution is 6.11. The van der Waals surface area contributed by atoms with Crippen LogP contribution in [0.2, 0.25) is 0 Å². The molecule has 0 aliphatic heterocycles. The summed E-state index contributed by atoms with van der Waals surface area (Å²) in [5, 5.41) is 10.2. The summed E-state index contributed by atoms with van der Waals surface area (Å²) in [7, 11) is 0. The number of hydrogen-bond donors (Lipinski definition) is 1. The van der Waals surface area contributed by atoms with E-state index in [9.17, 15) is 9.90 Å². The molecule has 2 aromatic heterocycles. The Labute approximate surface area is 144 Å². The van der Waals surface area contributed by atoms with Gasteiger partial charge in [-0.25, -0.2) is 4.98 Å². The molecule has 2 aromatic carbocycles. The van der Waals surface area contributed by atoms with Gasteiger partial charge in [0.05, 0.1) is 0 Å². The molecule has 0 saturated carbocycles. The van der Waals surface area contributed by atoms with Crippen molar-refractivity contribution in [2.75, 3.05) is 0 Å². The standard InChI is InChI=1S/C21H15NO3/c23-19(21-20(24)18-17(25-21)10-5-11-22-18)16-9-4-8-15(13-16)12-14-6-2-1-3-7-14/h1-11,13,24H,12H2. The number of carbonyl (C=O) groups excluding carboxylic acids is 1. The van der Waals surface area contributed by atoms with E-state index < -0.39 is 0 Å². The summed E-state index contributed by atoms with van der Waals surface area (Å²) in [4.78, 5) is 16.8. The Kier molecular flexibility index (Phi) is 3.78. The molecule has 0 amide bonds. The van der Waals surface area contributed by atoms with E-state index in [1.165, 1.54) is 5.56 Å². The minimum absolute atomic E-state index is 0.0782. The maximum absolute atomic E-state index is 12.8. The first kappa shape index (κ1) is 15.1. The Hall–Kier alpha value is -3.40. The molecular weight excluding hydrogens is 314 g/mol. The molecule has 0 spiro atoms. The van der Waals surface area contributed by atoms with Crippen molar-refractivity contribution in [3.05, 3.63) is 95.4 Å². The second-order valence-corrected chi connectivity index (χ2v) is 5.82. The zero-order chi connectivity index (χ0) is 17.2. The van der Waals surface area contributed by atoms with Crippen LogP contribution in [0.25, 0.3) is 11.1 Å². The normalized spacial score (nSPS) is 10.9. The van der Waals surface area contributed by atoms with Crippen LogP contribution >= 0.6 is 0 Å². The Morgan fingerprint density at radius 3 is 2.56 bits per heavy atom. The lowest BCUT2D eigenvalue weighted by molar-refractivity contribution is 0.101. The Bertz CT molecular complexity index is 1050. The molecule has 0 radical (unpaired) electrons. The molecule has 0 aliphatic rings. The van der Waals surface area contributed by atoms with E-state index in [1.807, 2.05) is 48.5 Å². The van der Waals surface area contributed by atoms with Crippen LogP contribution in [0.4, 0.5) is 0 Å². The lowest BCUT2D eigenvalue weighted by Crippen LogP contribution is -2.01. The van der Waals surface area contributed by atoms with Crippen LogP contribution in [-0.4, -0.2) is 15.9 Å². The van der Waals surface area contributed by atoms with Crippen molar-refractivity contribution in [1.82, 2.24) is 4.98 Å². The molecule has 0 saturated heterocycles. The third kappa shape index (κ3) is 2.90. The summed E-state index contributed by atoms with van der Waals surface area (Å²) in [6, 6.07) is 20.8. The second kappa shape index (κ2) is 6.24. The van der Waals surface area contributed by atoms with Crippen LogP contribution in [0.15, 0.2) is 77.3 Å². The SMILES string of the molecule is O=C(c1cccc(Cc2ccccc2)c1)c1oc2cccnc2c1O. The minimum Gasteiger partial charge on any atom is -0.503 e. The van der Waals surface area contributed by atoms with Crippen molar-refractivity contribution >= 4 is 16.9 Å². The molecule has 0 atom stereocenters. The molecule has 25 heavy (non-hydrogen) atoms. The number of aromatic hydroxyl groups is 1. The first-order chi connectivity index (χ1) is 12.2. The number of ketones is 1. The molecule has 4 rings (SSSR count). The van der Waals surface area contributed by atoms with Gasteiger partial charge < -0.3 is 9.52 Å². The predicted octanol–water partition coefficient (Wildman–Crippen LogP) is 4.36. The smallest absolute Gasteiger partial charge is 0.232 e. The highest BCUT2D eigenvalue weighted by Crippen LogP contribution is 2.31. The summed E-state index contributed by atoms with van der Waals surface area (Å²) in [6.07, 6.45) is 2.28. The van der Waals surface area contributed by atoms with Gasteiger partial charge in [-0.15, -0.1) is 0 Å². The van der Waals surface area contributed by atoms with E-state index >= 15 is 0 Å². The van der Waals surface area contributed by atoms with Crippen molar-refractivity contribution in [1.29, 1.82) is 0 Å². The second-order valence-electron chi connectivity index (χ2n) is 5.82. The summed E-state index contributed by atoms with van der Waals surface area (Å²) in [5.41, 5.74) is 3.35. The van der Waals surface area contributed by atoms with Crippen LogP contribution in [0.1, 0.15) is 27.2 Å². The average molecular weight is 329 g/mol. The minimum atomic E-state index is -0.356. The molecule has 0 fully saturated rings. The fourth-order valence-corrected chi connectivity index (χ4v) is 2.86. The number of hydrogen-bond acceptors (Lipinski definition) is 4. The summed E-state index contributed by atoms with van der Waals surface area (Å²) < 4.78 is 5.51. The third-order valence-electron chi connectivity index (χ3n) is 4.07. The van der Waals surface area contributed by atoms with Gasteiger partial charge in [-0.3, -0.25) is 4.79 Å². The van der Waals surface area contributed by atoms with Crippen LogP contribution in [-0.2, 0) is 6.42 Å². The van der Waals surface area contributed by atoms with E-state index in [4.69, 9.17) is 4.42 Å². The number of aromatic nitrogens is 1. The molecule has 0 unspecified atom stereocenters. The molecular formula is C21H15NO3. The Balaban J connectivity index is 1.68. The van der Waals surface area contributed by atoms with Gasteiger partial charge in [-0.1, -0.05) is 48.5 Å². The summed E-state index contributed by atoms with van der Waals surface area (Å²) in [6.45, 7) is 0. The monoisotopic (exact) mass is 329 g/mol. The molecule has 4 nitrogen and oxygen atoms in total. The van der Waals surface area contributed by atoms with Gasteiger partial charge in [-0.05, 0) is 35.7 Å². The molecule has 4 heteroatoms. The van der Waals surface area contributed by atoms with E-state index in [1.54, 1.807) is 24.4 Å². The van der Waals surface area contributed by atoms with Crippen LogP contribution in [0, 0.1) is 0 Å². The van der Waals surface area contributed by atoms with Crippen LogP contribution < -0.4 is 0 Å².